The number of hydrogen-bond donors (Lipinski definition) is 2. The Labute approximate surface area is 202 Å². The van der Waals surface area contributed by atoms with E-state index < -0.39 is 0 Å². The molecule has 6 rings (SSSR count). The molecule has 1 spiro atoms. The van der Waals surface area contributed by atoms with Crippen LogP contribution in [0.3, 0.4) is 0 Å². The molecule has 2 aliphatic rings. The molecule has 8 nitrogen and oxygen atoms in total. The van der Waals surface area contributed by atoms with Crippen molar-refractivity contribution in [3.63, 3.8) is 0 Å². The standard InChI is InChI=1S/C27H27N5O3/c1-2-9-35-16-17-7-8-23-22(14-28-32(23)15-17)25(33)29-19-12-27(13-19)10-18(11-27)24-20-5-3-4-6-21(20)26(34)31-30-24/h2-8,14-15,18-19H,1,9-13,16H2,(H,29,33)(H,31,34). The first-order valence-corrected chi connectivity index (χ1v) is 12.0. The van der Waals surface area contributed by atoms with E-state index in [1.807, 2.05) is 42.6 Å². The van der Waals surface area contributed by atoms with Crippen molar-refractivity contribution in [1.82, 2.24) is 25.1 Å². The number of nitrogens with zero attached hydrogens (tertiary/aromatic N) is 3. The van der Waals surface area contributed by atoms with Crippen LogP contribution in [0.15, 0.2) is 66.2 Å². The first-order chi connectivity index (χ1) is 17.0. The lowest BCUT2D eigenvalue weighted by Crippen LogP contribution is -2.55. The van der Waals surface area contributed by atoms with Crippen LogP contribution in [0.1, 0.15) is 53.2 Å². The Balaban J connectivity index is 1.07. The van der Waals surface area contributed by atoms with Crippen LogP contribution < -0.4 is 10.9 Å². The van der Waals surface area contributed by atoms with Crippen molar-refractivity contribution in [2.24, 2.45) is 5.41 Å². The minimum absolute atomic E-state index is 0.0836. The van der Waals surface area contributed by atoms with Crippen molar-refractivity contribution in [2.45, 2.75) is 44.2 Å². The number of carbonyl (C=O) groups is 1. The van der Waals surface area contributed by atoms with Gasteiger partial charge in [-0.25, -0.2) is 9.61 Å². The van der Waals surface area contributed by atoms with Crippen molar-refractivity contribution in [2.75, 3.05) is 6.61 Å². The highest BCUT2D eigenvalue weighted by Gasteiger charge is 2.54. The quantitative estimate of drug-likeness (QED) is 0.317. The lowest BCUT2D eigenvalue weighted by Gasteiger charge is -2.57. The van der Waals surface area contributed by atoms with E-state index in [9.17, 15) is 9.59 Å². The summed E-state index contributed by atoms with van der Waals surface area (Å²) in [6.45, 7) is 4.61. The summed E-state index contributed by atoms with van der Waals surface area (Å²) in [4.78, 5) is 25.0. The Kier molecular flexibility index (Phi) is 5.25. The number of carbonyl (C=O) groups excluding carboxylic acids is 1. The van der Waals surface area contributed by atoms with E-state index in [4.69, 9.17) is 4.74 Å². The Morgan fingerprint density at radius 2 is 2.00 bits per heavy atom. The molecule has 2 fully saturated rings. The first kappa shape index (κ1) is 21.7. The molecule has 0 bridgehead atoms. The fourth-order valence-corrected chi connectivity index (χ4v) is 5.86. The van der Waals surface area contributed by atoms with Gasteiger partial charge in [-0.15, -0.1) is 6.58 Å². The topological polar surface area (TPSA) is 101 Å². The number of H-pyrrole nitrogens is 1. The van der Waals surface area contributed by atoms with Gasteiger partial charge >= 0.3 is 0 Å². The summed E-state index contributed by atoms with van der Waals surface area (Å²) in [6, 6.07) is 11.7. The number of fused-ring (bicyclic) bond motifs is 2. The van der Waals surface area contributed by atoms with Crippen LogP contribution in [0.2, 0.25) is 0 Å². The molecule has 1 amide bonds. The monoisotopic (exact) mass is 469 g/mol. The second-order valence-corrected chi connectivity index (χ2v) is 9.90. The third-order valence-corrected chi connectivity index (χ3v) is 7.49. The normalized spacial score (nSPS) is 23.2. The van der Waals surface area contributed by atoms with Gasteiger partial charge in [0, 0.05) is 23.5 Å². The van der Waals surface area contributed by atoms with Gasteiger partial charge in [0.2, 0.25) is 0 Å². The minimum atomic E-state index is -0.144. The number of hydrogen-bond acceptors (Lipinski definition) is 5. The number of amides is 1. The van der Waals surface area contributed by atoms with Gasteiger partial charge in [0.05, 0.1) is 41.6 Å². The van der Waals surface area contributed by atoms with E-state index in [0.29, 0.717) is 30.1 Å². The summed E-state index contributed by atoms with van der Waals surface area (Å²) in [6.07, 6.45) is 9.24. The van der Waals surface area contributed by atoms with E-state index in [1.54, 1.807) is 16.8 Å². The zero-order chi connectivity index (χ0) is 24.0. The Bertz CT molecular complexity index is 1490. The van der Waals surface area contributed by atoms with Gasteiger partial charge in [-0.05, 0) is 48.8 Å². The molecule has 0 aliphatic heterocycles. The van der Waals surface area contributed by atoms with Crippen LogP contribution in [0.25, 0.3) is 16.3 Å². The molecule has 0 radical (unpaired) electrons. The van der Waals surface area contributed by atoms with Gasteiger partial charge in [0.15, 0.2) is 0 Å². The van der Waals surface area contributed by atoms with Crippen molar-refractivity contribution in [3.05, 3.63) is 88.6 Å². The fourth-order valence-electron chi connectivity index (χ4n) is 5.86. The molecule has 1 aromatic carbocycles. The van der Waals surface area contributed by atoms with Gasteiger partial charge < -0.3 is 10.1 Å². The molecule has 0 unspecified atom stereocenters. The molecular weight excluding hydrogens is 442 g/mol. The maximum atomic E-state index is 13.0. The van der Waals surface area contributed by atoms with E-state index in [2.05, 4.69) is 27.2 Å². The van der Waals surface area contributed by atoms with Gasteiger partial charge in [-0.2, -0.15) is 10.2 Å². The summed E-state index contributed by atoms with van der Waals surface area (Å²) in [5.41, 5.74) is 3.46. The number of benzene rings is 1. The van der Waals surface area contributed by atoms with E-state index >= 15 is 0 Å². The van der Waals surface area contributed by atoms with Crippen LogP contribution in [-0.2, 0) is 11.3 Å². The predicted octanol–water partition coefficient (Wildman–Crippen LogP) is 3.73. The Morgan fingerprint density at radius 1 is 1.20 bits per heavy atom. The maximum absolute atomic E-state index is 13.0. The molecule has 8 heteroatoms. The first-order valence-electron chi connectivity index (χ1n) is 12.0. The molecule has 178 valence electrons. The summed E-state index contributed by atoms with van der Waals surface area (Å²) < 4.78 is 7.21. The second kappa shape index (κ2) is 8.46. The van der Waals surface area contributed by atoms with Crippen molar-refractivity contribution >= 4 is 22.2 Å². The number of ether oxygens (including phenoxy) is 1. The molecule has 4 aromatic rings. The number of aromatic amines is 1. The molecule has 2 saturated carbocycles. The van der Waals surface area contributed by atoms with Gasteiger partial charge in [0.1, 0.15) is 0 Å². The molecule has 3 heterocycles. The summed E-state index contributed by atoms with van der Waals surface area (Å²) in [5, 5.41) is 16.2. The average molecular weight is 470 g/mol. The number of pyridine rings is 1. The highest BCUT2D eigenvalue weighted by Crippen LogP contribution is 2.62. The summed E-state index contributed by atoms with van der Waals surface area (Å²) >= 11 is 0. The Morgan fingerprint density at radius 3 is 2.80 bits per heavy atom. The lowest BCUT2D eigenvalue weighted by molar-refractivity contribution is -0.0196. The molecule has 35 heavy (non-hydrogen) atoms. The lowest BCUT2D eigenvalue weighted by atomic mass is 9.49. The molecular formula is C27H27N5O3. The molecule has 0 atom stereocenters. The van der Waals surface area contributed by atoms with Crippen molar-refractivity contribution in [1.29, 1.82) is 0 Å². The predicted molar refractivity (Wildman–Crippen MR) is 132 cm³/mol. The van der Waals surface area contributed by atoms with Crippen LogP contribution in [0, 0.1) is 5.41 Å². The van der Waals surface area contributed by atoms with Gasteiger partial charge in [0.25, 0.3) is 11.5 Å². The van der Waals surface area contributed by atoms with E-state index in [-0.39, 0.29) is 22.9 Å². The zero-order valence-corrected chi connectivity index (χ0v) is 19.4. The third kappa shape index (κ3) is 3.83. The highest BCUT2D eigenvalue weighted by atomic mass is 16.5. The molecule has 0 saturated heterocycles. The van der Waals surface area contributed by atoms with Gasteiger partial charge in [-0.1, -0.05) is 30.3 Å². The largest absolute Gasteiger partial charge is 0.373 e. The molecule has 3 aromatic heterocycles. The molecule has 2 aliphatic carbocycles. The van der Waals surface area contributed by atoms with E-state index in [1.165, 1.54) is 0 Å². The van der Waals surface area contributed by atoms with Gasteiger partial charge in [-0.3, -0.25) is 9.59 Å². The zero-order valence-electron chi connectivity index (χ0n) is 19.4. The van der Waals surface area contributed by atoms with Crippen LogP contribution in [0.4, 0.5) is 0 Å². The third-order valence-electron chi connectivity index (χ3n) is 7.49. The number of aromatic nitrogens is 4. The SMILES string of the molecule is C=CCOCc1ccc2c(C(=O)NC3CC4(C3)CC(c3n[nH]c(=O)c5ccccc35)C4)cnn2c1. The fraction of sp³-hybridized carbons (Fsp3) is 0.333. The summed E-state index contributed by atoms with van der Waals surface area (Å²) in [5.74, 6) is 0.261. The smallest absolute Gasteiger partial charge is 0.272 e. The highest BCUT2D eigenvalue weighted by molar-refractivity contribution is 6.00. The van der Waals surface area contributed by atoms with Crippen LogP contribution in [-0.4, -0.2) is 38.4 Å². The minimum Gasteiger partial charge on any atom is -0.373 e. The Hall–Kier alpha value is -3.78. The van der Waals surface area contributed by atoms with Crippen molar-refractivity contribution in [3.8, 4) is 0 Å². The maximum Gasteiger partial charge on any atom is 0.272 e. The van der Waals surface area contributed by atoms with Crippen LogP contribution >= 0.6 is 0 Å². The summed E-state index contributed by atoms with van der Waals surface area (Å²) in [7, 11) is 0. The number of rotatable bonds is 7. The van der Waals surface area contributed by atoms with Crippen molar-refractivity contribution < 1.29 is 9.53 Å². The number of nitrogens with one attached hydrogen (secondary N) is 2. The average Bonchev–Trinajstić information content (AvgIpc) is 3.24. The second-order valence-electron chi connectivity index (χ2n) is 9.90. The van der Waals surface area contributed by atoms with Crippen LogP contribution in [0.5, 0.6) is 0 Å². The van der Waals surface area contributed by atoms with E-state index in [0.717, 1.165) is 47.8 Å². The molecule has 2 N–H and O–H groups in total.